The van der Waals surface area contributed by atoms with E-state index in [0.717, 1.165) is 50.3 Å². The summed E-state index contributed by atoms with van der Waals surface area (Å²) in [5.74, 6) is 0.704. The highest BCUT2D eigenvalue weighted by atomic mass is 19.4. The summed E-state index contributed by atoms with van der Waals surface area (Å²) in [7, 11) is 1.71. The van der Waals surface area contributed by atoms with Gasteiger partial charge in [0.1, 0.15) is 0 Å². The van der Waals surface area contributed by atoms with E-state index in [1.54, 1.807) is 7.05 Å². The zero-order valence-electron chi connectivity index (χ0n) is 16.9. The van der Waals surface area contributed by atoms with Crippen LogP contribution in [-0.2, 0) is 17.3 Å². The fourth-order valence-corrected chi connectivity index (χ4v) is 3.38. The molecule has 0 saturated carbocycles. The van der Waals surface area contributed by atoms with Crippen molar-refractivity contribution in [2.24, 2.45) is 4.99 Å². The molecule has 2 N–H and O–H groups in total. The van der Waals surface area contributed by atoms with Gasteiger partial charge in [0.25, 0.3) is 0 Å². The Morgan fingerprint density at radius 2 is 1.71 bits per heavy atom. The Morgan fingerprint density at radius 1 is 1.11 bits per heavy atom. The van der Waals surface area contributed by atoms with Crippen molar-refractivity contribution in [1.82, 2.24) is 15.5 Å². The number of halogens is 3. The molecule has 2 rings (SSSR count). The maximum Gasteiger partial charge on any atom is 0.416 e. The number of aliphatic imine (C=N–C) groups is 1. The second-order valence-corrected chi connectivity index (χ2v) is 7.24. The maximum absolute atomic E-state index is 12.6. The number of morpholine rings is 1. The van der Waals surface area contributed by atoms with Gasteiger partial charge in [-0.2, -0.15) is 13.2 Å². The third-order valence-corrected chi connectivity index (χ3v) is 4.65. The highest BCUT2D eigenvalue weighted by molar-refractivity contribution is 5.79. The van der Waals surface area contributed by atoms with Crippen LogP contribution in [0.15, 0.2) is 29.3 Å². The summed E-state index contributed by atoms with van der Waals surface area (Å²) in [5.41, 5.74) is 0.234. The van der Waals surface area contributed by atoms with E-state index in [9.17, 15) is 13.2 Å². The summed E-state index contributed by atoms with van der Waals surface area (Å²) in [4.78, 5) is 6.60. The first-order valence-corrected chi connectivity index (χ1v) is 9.76. The molecule has 0 aromatic heterocycles. The minimum atomic E-state index is -4.29. The first-order valence-electron chi connectivity index (χ1n) is 9.76. The lowest BCUT2D eigenvalue weighted by atomic mass is 10.1. The van der Waals surface area contributed by atoms with Crippen molar-refractivity contribution in [3.8, 4) is 0 Å². The first kappa shape index (κ1) is 22.5. The summed E-state index contributed by atoms with van der Waals surface area (Å²) in [6, 6.07) is 5.28. The maximum atomic E-state index is 12.6. The Kier molecular flexibility index (Phi) is 8.57. The number of ether oxygens (including phenoxy) is 1. The number of hydrogen-bond acceptors (Lipinski definition) is 3. The van der Waals surface area contributed by atoms with E-state index in [-0.39, 0.29) is 12.2 Å². The predicted octanol–water partition coefficient (Wildman–Crippen LogP) is 2.91. The van der Waals surface area contributed by atoms with Gasteiger partial charge in [-0.15, -0.1) is 0 Å². The molecule has 1 aliphatic heterocycles. The molecule has 0 amide bonds. The predicted molar refractivity (Wildman–Crippen MR) is 106 cm³/mol. The third-order valence-electron chi connectivity index (χ3n) is 4.65. The number of nitrogens with zero attached hydrogens (tertiary/aromatic N) is 2. The zero-order valence-corrected chi connectivity index (χ0v) is 16.9. The quantitative estimate of drug-likeness (QED) is 0.420. The lowest BCUT2D eigenvalue weighted by Gasteiger charge is -2.35. The van der Waals surface area contributed by atoms with Crippen LogP contribution in [0.25, 0.3) is 0 Å². The fourth-order valence-electron chi connectivity index (χ4n) is 3.38. The van der Waals surface area contributed by atoms with Crippen LogP contribution >= 0.6 is 0 Å². The number of alkyl halides is 3. The number of guanidine groups is 1. The smallest absolute Gasteiger partial charge is 0.373 e. The molecule has 0 aliphatic carbocycles. The third kappa shape index (κ3) is 7.67. The van der Waals surface area contributed by atoms with Crippen molar-refractivity contribution in [2.45, 2.75) is 45.1 Å². The van der Waals surface area contributed by atoms with Gasteiger partial charge in [0, 0.05) is 39.8 Å². The van der Waals surface area contributed by atoms with Crippen molar-refractivity contribution >= 4 is 5.96 Å². The monoisotopic (exact) mass is 400 g/mol. The minimum absolute atomic E-state index is 0.274. The first-order chi connectivity index (χ1) is 13.3. The van der Waals surface area contributed by atoms with Gasteiger partial charge in [-0.3, -0.25) is 9.89 Å². The van der Waals surface area contributed by atoms with Crippen LogP contribution in [0.5, 0.6) is 0 Å². The number of nitrogens with one attached hydrogen (secondary N) is 2. The Hall–Kier alpha value is -1.80. The van der Waals surface area contributed by atoms with Gasteiger partial charge in [-0.1, -0.05) is 12.1 Å². The van der Waals surface area contributed by atoms with E-state index in [1.165, 1.54) is 12.1 Å². The van der Waals surface area contributed by atoms with Crippen molar-refractivity contribution in [2.75, 3.05) is 39.8 Å². The zero-order chi connectivity index (χ0) is 20.6. The van der Waals surface area contributed by atoms with Crippen LogP contribution in [0.4, 0.5) is 13.2 Å². The molecule has 1 saturated heterocycles. The second-order valence-electron chi connectivity index (χ2n) is 7.24. The Morgan fingerprint density at radius 3 is 2.29 bits per heavy atom. The summed E-state index contributed by atoms with van der Waals surface area (Å²) < 4.78 is 43.5. The van der Waals surface area contributed by atoms with Gasteiger partial charge in [-0.05, 0) is 44.4 Å². The number of rotatable bonds is 7. The molecule has 1 aromatic rings. The molecule has 0 bridgehead atoms. The van der Waals surface area contributed by atoms with Gasteiger partial charge in [0.15, 0.2) is 5.96 Å². The highest BCUT2D eigenvalue weighted by Gasteiger charge is 2.29. The molecular formula is C20H31F3N4O. The number of hydrogen-bond donors (Lipinski definition) is 2. The normalized spacial score (nSPS) is 21.6. The molecule has 1 fully saturated rings. The molecule has 2 atom stereocenters. The van der Waals surface area contributed by atoms with Crippen LogP contribution in [0.3, 0.4) is 0 Å². The average molecular weight is 400 g/mol. The molecule has 0 radical (unpaired) electrons. The number of benzene rings is 1. The lowest BCUT2D eigenvalue weighted by molar-refractivity contribution is -0.137. The van der Waals surface area contributed by atoms with Crippen molar-refractivity contribution in [3.63, 3.8) is 0 Å². The van der Waals surface area contributed by atoms with Crippen molar-refractivity contribution < 1.29 is 17.9 Å². The molecule has 28 heavy (non-hydrogen) atoms. The lowest BCUT2D eigenvalue weighted by Crippen LogP contribution is -2.46. The van der Waals surface area contributed by atoms with Crippen LogP contribution in [-0.4, -0.2) is 62.8 Å². The van der Waals surface area contributed by atoms with E-state index in [0.29, 0.717) is 18.9 Å². The van der Waals surface area contributed by atoms with Crippen LogP contribution in [0.1, 0.15) is 31.4 Å². The van der Waals surface area contributed by atoms with E-state index >= 15 is 0 Å². The fraction of sp³-hybridized carbons (Fsp3) is 0.650. The molecule has 2 unspecified atom stereocenters. The molecule has 5 nitrogen and oxygen atoms in total. The summed E-state index contributed by atoms with van der Waals surface area (Å²) in [6.07, 6.45) is -2.12. The van der Waals surface area contributed by atoms with E-state index in [1.807, 2.05) is 0 Å². The van der Waals surface area contributed by atoms with Crippen LogP contribution < -0.4 is 10.6 Å². The van der Waals surface area contributed by atoms with Crippen LogP contribution in [0.2, 0.25) is 0 Å². The molecule has 0 spiro atoms. The van der Waals surface area contributed by atoms with E-state index < -0.39 is 11.7 Å². The Balaban J connectivity index is 1.63. The van der Waals surface area contributed by atoms with Gasteiger partial charge < -0.3 is 15.4 Å². The molecule has 158 valence electrons. The topological polar surface area (TPSA) is 48.9 Å². The summed E-state index contributed by atoms with van der Waals surface area (Å²) >= 11 is 0. The molecule has 1 aromatic carbocycles. The minimum Gasteiger partial charge on any atom is -0.373 e. The summed E-state index contributed by atoms with van der Waals surface area (Å²) in [6.45, 7) is 8.54. The van der Waals surface area contributed by atoms with Crippen LogP contribution in [0, 0.1) is 0 Å². The SMILES string of the molecule is CN=C(NCCCN1CC(C)OC(C)C1)NCCc1ccc(C(F)(F)F)cc1. The van der Waals surface area contributed by atoms with Gasteiger partial charge in [0.2, 0.25) is 0 Å². The highest BCUT2D eigenvalue weighted by Crippen LogP contribution is 2.29. The average Bonchev–Trinajstić information content (AvgIpc) is 2.62. The Labute approximate surface area is 165 Å². The van der Waals surface area contributed by atoms with Gasteiger partial charge in [0.05, 0.1) is 17.8 Å². The standard InChI is InChI=1S/C20H31F3N4O/c1-15-13-27(14-16(2)28-15)12-4-10-25-19(24-3)26-11-9-17-5-7-18(8-6-17)20(21,22)23/h5-8,15-16H,4,9-14H2,1-3H3,(H2,24,25,26). The van der Waals surface area contributed by atoms with E-state index in [4.69, 9.17) is 4.74 Å². The van der Waals surface area contributed by atoms with Gasteiger partial charge in [-0.25, -0.2) is 0 Å². The molecular weight excluding hydrogens is 369 g/mol. The second kappa shape index (κ2) is 10.7. The Bertz CT molecular complexity index is 609. The van der Waals surface area contributed by atoms with Gasteiger partial charge >= 0.3 is 6.18 Å². The summed E-state index contributed by atoms with van der Waals surface area (Å²) in [5, 5.41) is 6.48. The molecule has 1 heterocycles. The van der Waals surface area contributed by atoms with Crippen molar-refractivity contribution in [3.05, 3.63) is 35.4 Å². The molecule has 8 heteroatoms. The van der Waals surface area contributed by atoms with E-state index in [2.05, 4.69) is 34.4 Å². The largest absolute Gasteiger partial charge is 0.416 e. The van der Waals surface area contributed by atoms with Crippen molar-refractivity contribution in [1.29, 1.82) is 0 Å². The molecule has 1 aliphatic rings.